The van der Waals surface area contributed by atoms with Crippen LogP contribution in [-0.2, 0) is 0 Å². The van der Waals surface area contributed by atoms with E-state index in [9.17, 15) is 10.2 Å². The summed E-state index contributed by atoms with van der Waals surface area (Å²) in [6, 6.07) is 3.67. The Morgan fingerprint density at radius 2 is 2.31 bits per heavy atom. The number of hydrogen-bond donors (Lipinski definition) is 4. The van der Waals surface area contributed by atoms with E-state index < -0.39 is 12.2 Å². The summed E-state index contributed by atoms with van der Waals surface area (Å²) in [7, 11) is 1.73. The van der Waals surface area contributed by atoms with Crippen molar-refractivity contribution in [1.82, 2.24) is 15.3 Å². The number of aliphatic hydroxyl groups is 2. The quantitative estimate of drug-likeness (QED) is 0.593. The molecule has 0 spiro atoms. The Bertz CT molecular complexity index is 469. The fourth-order valence-corrected chi connectivity index (χ4v) is 1.75. The second-order valence-corrected chi connectivity index (χ2v) is 3.71. The van der Waals surface area contributed by atoms with Gasteiger partial charge in [0.1, 0.15) is 11.8 Å². The summed E-state index contributed by atoms with van der Waals surface area (Å²) in [4.78, 5) is 7.09. The Morgan fingerprint density at radius 1 is 1.50 bits per heavy atom. The highest BCUT2D eigenvalue weighted by Crippen LogP contribution is 2.24. The van der Waals surface area contributed by atoms with Gasteiger partial charge in [-0.25, -0.2) is 4.98 Å². The maximum absolute atomic E-state index is 9.97. The Kier molecular flexibility index (Phi) is 3.19. The number of aliphatic hydroxyl groups excluding tert-OH is 2. The van der Waals surface area contributed by atoms with Crippen molar-refractivity contribution in [3.63, 3.8) is 0 Å². The van der Waals surface area contributed by atoms with Crippen molar-refractivity contribution in [2.45, 2.75) is 12.2 Å². The zero-order valence-electron chi connectivity index (χ0n) is 9.01. The Labute approximate surface area is 93.1 Å². The van der Waals surface area contributed by atoms with E-state index in [1.165, 1.54) is 0 Å². The lowest BCUT2D eigenvalue weighted by Gasteiger charge is -2.16. The molecule has 2 aromatic rings. The molecule has 2 aromatic heterocycles. The van der Waals surface area contributed by atoms with Crippen LogP contribution in [0.1, 0.15) is 11.7 Å². The van der Waals surface area contributed by atoms with E-state index in [4.69, 9.17) is 0 Å². The van der Waals surface area contributed by atoms with E-state index in [1.807, 2.05) is 6.07 Å². The summed E-state index contributed by atoms with van der Waals surface area (Å²) in [6.07, 6.45) is 1.62. The van der Waals surface area contributed by atoms with E-state index in [1.54, 1.807) is 25.5 Å². The van der Waals surface area contributed by atoms with Crippen LogP contribution < -0.4 is 5.32 Å². The summed E-state index contributed by atoms with van der Waals surface area (Å²) in [5.74, 6) is 0. The third-order valence-corrected chi connectivity index (χ3v) is 2.58. The van der Waals surface area contributed by atoms with E-state index in [-0.39, 0.29) is 0 Å². The Morgan fingerprint density at radius 3 is 3.06 bits per heavy atom. The number of H-pyrrole nitrogens is 1. The maximum atomic E-state index is 9.97. The summed E-state index contributed by atoms with van der Waals surface area (Å²) < 4.78 is 0. The van der Waals surface area contributed by atoms with E-state index in [0.29, 0.717) is 17.8 Å². The second kappa shape index (κ2) is 4.61. The van der Waals surface area contributed by atoms with Crippen molar-refractivity contribution >= 4 is 11.0 Å². The number of rotatable bonds is 4. The van der Waals surface area contributed by atoms with Crippen molar-refractivity contribution in [3.8, 4) is 0 Å². The van der Waals surface area contributed by atoms with Gasteiger partial charge in [-0.2, -0.15) is 0 Å². The molecule has 0 aliphatic rings. The number of nitrogens with zero attached hydrogens (tertiary/aromatic N) is 1. The molecule has 0 aliphatic carbocycles. The smallest absolute Gasteiger partial charge is 0.137 e. The molecule has 0 saturated carbocycles. The molecule has 5 nitrogen and oxygen atoms in total. The van der Waals surface area contributed by atoms with Gasteiger partial charge in [0.05, 0.1) is 6.10 Å². The Balaban J connectivity index is 2.32. The molecule has 86 valence electrons. The zero-order valence-corrected chi connectivity index (χ0v) is 9.01. The fraction of sp³-hybridized carbons (Fsp3) is 0.364. The first kappa shape index (κ1) is 11.1. The molecule has 2 unspecified atom stereocenters. The molecule has 2 rings (SSSR count). The summed E-state index contributed by atoms with van der Waals surface area (Å²) in [5, 5.41) is 23.3. The molecule has 0 bridgehead atoms. The predicted molar refractivity (Wildman–Crippen MR) is 61.0 cm³/mol. The van der Waals surface area contributed by atoms with Gasteiger partial charge >= 0.3 is 0 Å². The van der Waals surface area contributed by atoms with Crippen molar-refractivity contribution in [2.75, 3.05) is 13.6 Å². The van der Waals surface area contributed by atoms with Gasteiger partial charge in [0.15, 0.2) is 0 Å². The van der Waals surface area contributed by atoms with Gasteiger partial charge in [-0.05, 0) is 19.2 Å². The van der Waals surface area contributed by atoms with Crippen LogP contribution in [0, 0.1) is 0 Å². The molecule has 16 heavy (non-hydrogen) atoms. The monoisotopic (exact) mass is 221 g/mol. The highest BCUT2D eigenvalue weighted by atomic mass is 16.3. The number of hydrogen-bond acceptors (Lipinski definition) is 4. The molecule has 5 heteroatoms. The number of aromatic amines is 1. The lowest BCUT2D eigenvalue weighted by molar-refractivity contribution is 0.0211. The van der Waals surface area contributed by atoms with E-state index in [0.717, 1.165) is 5.39 Å². The fourth-order valence-electron chi connectivity index (χ4n) is 1.75. The lowest BCUT2D eigenvalue weighted by Crippen LogP contribution is -2.29. The highest BCUT2D eigenvalue weighted by molar-refractivity contribution is 5.79. The van der Waals surface area contributed by atoms with Gasteiger partial charge in [0.2, 0.25) is 0 Å². The van der Waals surface area contributed by atoms with Crippen LogP contribution in [0.15, 0.2) is 24.5 Å². The van der Waals surface area contributed by atoms with Crippen LogP contribution in [0.5, 0.6) is 0 Å². The van der Waals surface area contributed by atoms with Gasteiger partial charge in [-0.1, -0.05) is 0 Å². The lowest BCUT2D eigenvalue weighted by atomic mass is 10.0. The summed E-state index contributed by atoms with van der Waals surface area (Å²) in [6.45, 7) is 0.341. The average molecular weight is 221 g/mol. The molecule has 0 aliphatic heterocycles. The summed E-state index contributed by atoms with van der Waals surface area (Å²) in [5.41, 5.74) is 1.39. The first-order chi connectivity index (χ1) is 7.74. The number of nitrogens with one attached hydrogen (secondary N) is 2. The average Bonchev–Trinajstić information content (AvgIpc) is 2.72. The normalized spacial score (nSPS) is 15.2. The third-order valence-electron chi connectivity index (χ3n) is 2.58. The number of aromatic nitrogens is 2. The van der Waals surface area contributed by atoms with Gasteiger partial charge in [-0.15, -0.1) is 0 Å². The molecule has 0 saturated heterocycles. The minimum atomic E-state index is -0.912. The molecule has 0 fully saturated rings. The van der Waals surface area contributed by atoms with Crippen LogP contribution in [0.3, 0.4) is 0 Å². The molecule has 0 radical (unpaired) electrons. The topological polar surface area (TPSA) is 81.2 Å². The van der Waals surface area contributed by atoms with Crippen LogP contribution in [0.2, 0.25) is 0 Å². The van der Waals surface area contributed by atoms with Crippen molar-refractivity contribution in [2.24, 2.45) is 0 Å². The second-order valence-electron chi connectivity index (χ2n) is 3.71. The zero-order chi connectivity index (χ0) is 11.5. The minimum absolute atomic E-state index is 0.341. The molecular weight excluding hydrogens is 206 g/mol. The Hall–Kier alpha value is -1.43. The van der Waals surface area contributed by atoms with Gasteiger partial charge in [0.25, 0.3) is 0 Å². The molecular formula is C11H15N3O2. The predicted octanol–water partition coefficient (Wildman–Crippen LogP) is 0.177. The standard InChI is InChI=1S/C11H15N3O2/c1-12-6-9(15)10(16)8-5-14-11-7(8)3-2-4-13-11/h2-5,9-10,12,15-16H,6H2,1H3,(H,13,14). The largest absolute Gasteiger partial charge is 0.389 e. The number of likely N-dealkylation sites (N-methyl/N-ethyl adjacent to an activating group) is 1. The van der Waals surface area contributed by atoms with Crippen LogP contribution >= 0.6 is 0 Å². The molecule has 2 heterocycles. The maximum Gasteiger partial charge on any atom is 0.137 e. The van der Waals surface area contributed by atoms with E-state index >= 15 is 0 Å². The summed E-state index contributed by atoms with van der Waals surface area (Å²) >= 11 is 0. The molecule has 2 atom stereocenters. The van der Waals surface area contributed by atoms with Gasteiger partial charge < -0.3 is 20.5 Å². The first-order valence-corrected chi connectivity index (χ1v) is 5.16. The van der Waals surface area contributed by atoms with Crippen molar-refractivity contribution in [3.05, 3.63) is 30.1 Å². The van der Waals surface area contributed by atoms with Crippen molar-refractivity contribution < 1.29 is 10.2 Å². The SMILES string of the molecule is CNCC(O)C(O)c1c[nH]c2ncccc12. The molecule has 4 N–H and O–H groups in total. The highest BCUT2D eigenvalue weighted by Gasteiger charge is 2.20. The van der Waals surface area contributed by atoms with Gasteiger partial charge in [-0.3, -0.25) is 0 Å². The van der Waals surface area contributed by atoms with Gasteiger partial charge in [0, 0.05) is 29.9 Å². The third kappa shape index (κ3) is 1.92. The van der Waals surface area contributed by atoms with E-state index in [2.05, 4.69) is 15.3 Å². The number of pyridine rings is 1. The molecule has 0 aromatic carbocycles. The first-order valence-electron chi connectivity index (χ1n) is 5.16. The van der Waals surface area contributed by atoms with Crippen molar-refractivity contribution in [1.29, 1.82) is 0 Å². The molecule has 0 amide bonds. The van der Waals surface area contributed by atoms with Crippen LogP contribution in [0.4, 0.5) is 0 Å². The number of fused-ring (bicyclic) bond motifs is 1. The van der Waals surface area contributed by atoms with Crippen LogP contribution in [0.25, 0.3) is 11.0 Å². The minimum Gasteiger partial charge on any atom is -0.389 e. The van der Waals surface area contributed by atoms with Crippen LogP contribution in [-0.4, -0.2) is 39.9 Å².